The maximum absolute atomic E-state index is 12.5. The molecule has 0 spiro atoms. The van der Waals surface area contributed by atoms with E-state index in [0.717, 1.165) is 36.0 Å². The fourth-order valence-corrected chi connectivity index (χ4v) is 2.34. The highest BCUT2D eigenvalue weighted by molar-refractivity contribution is 6.03. The molecular weight excluding hydrogens is 236 g/mol. The van der Waals surface area contributed by atoms with Crippen LogP contribution in [0.3, 0.4) is 0 Å². The summed E-state index contributed by atoms with van der Waals surface area (Å²) in [6.45, 7) is 6.32. The minimum atomic E-state index is 0.224. The molecule has 0 aliphatic carbocycles. The van der Waals surface area contributed by atoms with Crippen molar-refractivity contribution in [1.29, 1.82) is 0 Å². The molecule has 0 saturated carbocycles. The second-order valence-electron chi connectivity index (χ2n) is 5.48. The number of aromatic nitrogens is 2. The third-order valence-corrected chi connectivity index (χ3v) is 3.25. The van der Waals surface area contributed by atoms with Gasteiger partial charge in [-0.05, 0) is 30.9 Å². The van der Waals surface area contributed by atoms with Crippen LogP contribution in [0.15, 0.2) is 24.4 Å². The monoisotopic (exact) mass is 258 g/mol. The maximum Gasteiger partial charge on any atom is 0.167 e. The van der Waals surface area contributed by atoms with Crippen molar-refractivity contribution in [1.82, 2.24) is 9.61 Å². The molecule has 0 amide bonds. The minimum absolute atomic E-state index is 0.224. The zero-order valence-corrected chi connectivity index (χ0v) is 12.0. The van der Waals surface area contributed by atoms with E-state index in [9.17, 15) is 4.79 Å². The number of hydrogen-bond donors (Lipinski definition) is 0. The molecule has 2 aromatic rings. The van der Waals surface area contributed by atoms with E-state index in [1.54, 1.807) is 0 Å². The van der Waals surface area contributed by atoms with Gasteiger partial charge in [0, 0.05) is 12.6 Å². The zero-order chi connectivity index (χ0) is 13.8. The van der Waals surface area contributed by atoms with Gasteiger partial charge in [0.05, 0.1) is 16.8 Å². The van der Waals surface area contributed by atoms with Gasteiger partial charge in [0.15, 0.2) is 5.78 Å². The van der Waals surface area contributed by atoms with Crippen LogP contribution in [-0.4, -0.2) is 15.4 Å². The maximum atomic E-state index is 12.5. The third-order valence-electron chi connectivity index (χ3n) is 3.25. The van der Waals surface area contributed by atoms with Crippen LogP contribution in [0.1, 0.15) is 56.1 Å². The summed E-state index contributed by atoms with van der Waals surface area (Å²) in [6, 6.07) is 5.89. The van der Waals surface area contributed by atoms with Gasteiger partial charge in [-0.25, -0.2) is 4.52 Å². The Balaban J connectivity index is 2.44. The van der Waals surface area contributed by atoms with Crippen molar-refractivity contribution < 1.29 is 4.79 Å². The number of nitrogens with zero attached hydrogens (tertiary/aromatic N) is 2. The number of ketones is 1. The number of carbonyl (C=O) groups excluding carboxylic acids is 1. The van der Waals surface area contributed by atoms with Gasteiger partial charge in [-0.3, -0.25) is 4.79 Å². The van der Waals surface area contributed by atoms with E-state index in [1.807, 2.05) is 28.9 Å². The van der Waals surface area contributed by atoms with Gasteiger partial charge in [0.25, 0.3) is 0 Å². The Morgan fingerprint density at radius 1 is 1.37 bits per heavy atom. The molecule has 0 atom stereocenters. The van der Waals surface area contributed by atoms with Gasteiger partial charge in [0.2, 0.25) is 0 Å². The number of aryl methyl sites for hydroxylation is 1. The lowest BCUT2D eigenvalue weighted by atomic mass is 9.98. The first kappa shape index (κ1) is 13.8. The number of unbranched alkanes of at least 4 members (excludes halogenated alkanes) is 1. The summed E-state index contributed by atoms with van der Waals surface area (Å²) in [7, 11) is 0. The Morgan fingerprint density at radius 3 is 2.84 bits per heavy atom. The van der Waals surface area contributed by atoms with E-state index in [1.165, 1.54) is 0 Å². The molecule has 19 heavy (non-hydrogen) atoms. The molecule has 0 saturated heterocycles. The van der Waals surface area contributed by atoms with Crippen LogP contribution >= 0.6 is 0 Å². The predicted octanol–water partition coefficient (Wildman–Crippen LogP) is 3.91. The van der Waals surface area contributed by atoms with Gasteiger partial charge < -0.3 is 0 Å². The van der Waals surface area contributed by atoms with Crippen LogP contribution in [-0.2, 0) is 6.42 Å². The number of pyridine rings is 1. The van der Waals surface area contributed by atoms with Gasteiger partial charge in [-0.15, -0.1) is 0 Å². The van der Waals surface area contributed by atoms with Crippen LogP contribution < -0.4 is 0 Å². The number of Topliss-reactive ketones (excluding diaryl/α,β-unsaturated/α-hetero) is 1. The van der Waals surface area contributed by atoms with E-state index in [0.29, 0.717) is 12.3 Å². The summed E-state index contributed by atoms with van der Waals surface area (Å²) in [4.78, 5) is 12.5. The summed E-state index contributed by atoms with van der Waals surface area (Å²) in [5, 5.41) is 4.57. The quantitative estimate of drug-likeness (QED) is 0.736. The molecule has 2 aromatic heterocycles. The largest absolute Gasteiger partial charge is 0.294 e. The fraction of sp³-hybridized carbons (Fsp3) is 0.500. The van der Waals surface area contributed by atoms with Crippen LogP contribution in [0.2, 0.25) is 0 Å². The number of hydrogen-bond acceptors (Lipinski definition) is 2. The van der Waals surface area contributed by atoms with Gasteiger partial charge in [-0.2, -0.15) is 5.10 Å². The lowest BCUT2D eigenvalue weighted by Gasteiger charge is -2.04. The molecule has 2 heterocycles. The molecule has 3 heteroatoms. The second kappa shape index (κ2) is 6.00. The average molecular weight is 258 g/mol. The van der Waals surface area contributed by atoms with E-state index in [2.05, 4.69) is 25.9 Å². The number of fused-ring (bicyclic) bond motifs is 1. The summed E-state index contributed by atoms with van der Waals surface area (Å²) >= 11 is 0. The van der Waals surface area contributed by atoms with Crippen molar-refractivity contribution >= 4 is 11.3 Å². The number of carbonyl (C=O) groups is 1. The molecule has 2 rings (SSSR count). The predicted molar refractivity (Wildman–Crippen MR) is 77.6 cm³/mol. The Hall–Kier alpha value is -1.64. The molecule has 0 N–H and O–H groups in total. The zero-order valence-electron chi connectivity index (χ0n) is 12.0. The highest BCUT2D eigenvalue weighted by atomic mass is 16.1. The summed E-state index contributed by atoms with van der Waals surface area (Å²) < 4.78 is 1.83. The van der Waals surface area contributed by atoms with Crippen molar-refractivity contribution in [3.05, 3.63) is 35.7 Å². The minimum Gasteiger partial charge on any atom is -0.294 e. The molecule has 102 valence electrons. The molecule has 0 unspecified atom stereocenters. The first-order chi connectivity index (χ1) is 9.13. The summed E-state index contributed by atoms with van der Waals surface area (Å²) in [5.41, 5.74) is 2.74. The van der Waals surface area contributed by atoms with Crippen LogP contribution in [0.4, 0.5) is 0 Å². The van der Waals surface area contributed by atoms with Crippen molar-refractivity contribution in [2.24, 2.45) is 5.92 Å². The molecular formula is C16H22N2O. The first-order valence-corrected chi connectivity index (χ1v) is 7.13. The lowest BCUT2D eigenvalue weighted by Crippen LogP contribution is -2.06. The molecule has 0 radical (unpaired) electrons. The van der Waals surface area contributed by atoms with Crippen molar-refractivity contribution in [3.63, 3.8) is 0 Å². The third kappa shape index (κ3) is 3.03. The topological polar surface area (TPSA) is 34.4 Å². The van der Waals surface area contributed by atoms with Crippen molar-refractivity contribution in [3.8, 4) is 0 Å². The number of rotatable bonds is 6. The Morgan fingerprint density at radius 2 is 2.16 bits per heavy atom. The highest BCUT2D eigenvalue weighted by Gasteiger charge is 2.19. The Labute approximate surface area is 114 Å². The smallest absolute Gasteiger partial charge is 0.167 e. The van der Waals surface area contributed by atoms with E-state index in [-0.39, 0.29) is 5.78 Å². The summed E-state index contributed by atoms with van der Waals surface area (Å²) in [6.07, 6.45) is 5.58. The average Bonchev–Trinajstić information content (AvgIpc) is 2.73. The molecule has 0 aliphatic rings. The summed E-state index contributed by atoms with van der Waals surface area (Å²) in [5.74, 6) is 0.604. The molecule has 3 nitrogen and oxygen atoms in total. The van der Waals surface area contributed by atoms with Crippen LogP contribution in [0, 0.1) is 5.92 Å². The van der Waals surface area contributed by atoms with Gasteiger partial charge >= 0.3 is 0 Å². The van der Waals surface area contributed by atoms with E-state index in [4.69, 9.17) is 0 Å². The highest BCUT2D eigenvalue weighted by Crippen LogP contribution is 2.21. The first-order valence-electron chi connectivity index (χ1n) is 7.13. The van der Waals surface area contributed by atoms with E-state index < -0.39 is 0 Å². The molecule has 0 aliphatic heterocycles. The Kier molecular flexibility index (Phi) is 4.35. The van der Waals surface area contributed by atoms with Gasteiger partial charge in [-0.1, -0.05) is 33.3 Å². The fourth-order valence-electron chi connectivity index (χ4n) is 2.34. The molecule has 0 bridgehead atoms. The molecule has 0 aromatic carbocycles. The molecule has 0 fully saturated rings. The lowest BCUT2D eigenvalue weighted by molar-refractivity contribution is 0.0968. The van der Waals surface area contributed by atoms with Crippen molar-refractivity contribution in [2.75, 3.05) is 0 Å². The second-order valence-corrected chi connectivity index (χ2v) is 5.48. The van der Waals surface area contributed by atoms with Crippen molar-refractivity contribution in [2.45, 2.75) is 46.5 Å². The normalized spacial score (nSPS) is 11.4. The standard InChI is InChI=1S/C16H22N2O/c1-4-5-8-13-16(15(19)11-12(2)3)14-9-6-7-10-18(14)17-13/h6-7,9-10,12H,4-5,8,11H2,1-3H3. The van der Waals surface area contributed by atoms with Crippen LogP contribution in [0.25, 0.3) is 5.52 Å². The van der Waals surface area contributed by atoms with E-state index >= 15 is 0 Å². The SMILES string of the molecule is CCCCc1nn2ccccc2c1C(=O)CC(C)C. The van der Waals surface area contributed by atoms with Gasteiger partial charge in [0.1, 0.15) is 0 Å². The van der Waals surface area contributed by atoms with Crippen LogP contribution in [0.5, 0.6) is 0 Å². The Bertz CT molecular complexity index is 569.